The van der Waals surface area contributed by atoms with Crippen molar-refractivity contribution in [2.75, 3.05) is 34.0 Å². The molecule has 0 aromatic heterocycles. The molecular weight excluding hydrogens is 254 g/mol. The standard InChI is InChI=1S/C16H25NO3/c1-12-9-15(18-3)16(19-4)10-14(12)11-17-6-8-20-7-5-13(17)2/h9-10,13H,5-8,11H2,1-4H3. The van der Waals surface area contributed by atoms with Crippen LogP contribution in [0.5, 0.6) is 11.5 Å². The van der Waals surface area contributed by atoms with Crippen LogP contribution in [0.3, 0.4) is 0 Å². The molecule has 20 heavy (non-hydrogen) atoms. The Balaban J connectivity index is 2.19. The van der Waals surface area contributed by atoms with Gasteiger partial charge in [-0.3, -0.25) is 4.90 Å². The topological polar surface area (TPSA) is 30.9 Å². The second-order valence-corrected chi connectivity index (χ2v) is 5.35. The average Bonchev–Trinajstić information content (AvgIpc) is 2.65. The van der Waals surface area contributed by atoms with Crippen LogP contribution in [0.2, 0.25) is 0 Å². The lowest BCUT2D eigenvalue weighted by Crippen LogP contribution is -2.33. The van der Waals surface area contributed by atoms with Crippen LogP contribution in [0.4, 0.5) is 0 Å². The first-order chi connectivity index (χ1) is 9.65. The van der Waals surface area contributed by atoms with Gasteiger partial charge in [-0.25, -0.2) is 0 Å². The maximum atomic E-state index is 5.56. The van der Waals surface area contributed by atoms with Crippen LogP contribution in [-0.2, 0) is 11.3 Å². The zero-order chi connectivity index (χ0) is 14.5. The van der Waals surface area contributed by atoms with Gasteiger partial charge in [-0.2, -0.15) is 0 Å². The second kappa shape index (κ2) is 6.95. The minimum atomic E-state index is 0.546. The highest BCUT2D eigenvalue weighted by Gasteiger charge is 2.19. The molecule has 1 atom stereocenters. The number of nitrogens with zero attached hydrogens (tertiary/aromatic N) is 1. The maximum absolute atomic E-state index is 5.56. The van der Waals surface area contributed by atoms with Crippen LogP contribution in [-0.4, -0.2) is 44.9 Å². The van der Waals surface area contributed by atoms with Crippen LogP contribution in [0.25, 0.3) is 0 Å². The number of methoxy groups -OCH3 is 2. The number of ether oxygens (including phenoxy) is 3. The summed E-state index contributed by atoms with van der Waals surface area (Å²) < 4.78 is 16.3. The fourth-order valence-electron chi connectivity index (χ4n) is 2.59. The molecule has 0 saturated carbocycles. The Labute approximate surface area is 121 Å². The van der Waals surface area contributed by atoms with Crippen molar-refractivity contribution in [1.82, 2.24) is 4.90 Å². The van der Waals surface area contributed by atoms with E-state index in [0.717, 1.165) is 44.2 Å². The highest BCUT2D eigenvalue weighted by atomic mass is 16.5. The lowest BCUT2D eigenvalue weighted by molar-refractivity contribution is 0.139. The minimum absolute atomic E-state index is 0.546. The van der Waals surface area contributed by atoms with Crippen LogP contribution < -0.4 is 9.47 Å². The summed E-state index contributed by atoms with van der Waals surface area (Å²) in [5.41, 5.74) is 2.52. The molecule has 1 heterocycles. The van der Waals surface area contributed by atoms with E-state index in [9.17, 15) is 0 Å². The van der Waals surface area contributed by atoms with Crippen molar-refractivity contribution in [1.29, 1.82) is 0 Å². The summed E-state index contributed by atoms with van der Waals surface area (Å²) in [5.74, 6) is 1.59. The van der Waals surface area contributed by atoms with Crippen LogP contribution in [0.15, 0.2) is 12.1 Å². The fraction of sp³-hybridized carbons (Fsp3) is 0.625. The zero-order valence-electron chi connectivity index (χ0n) is 12.9. The Morgan fingerprint density at radius 2 is 1.90 bits per heavy atom. The summed E-state index contributed by atoms with van der Waals surface area (Å²) in [6.07, 6.45) is 1.09. The van der Waals surface area contributed by atoms with Gasteiger partial charge >= 0.3 is 0 Å². The smallest absolute Gasteiger partial charge is 0.161 e. The van der Waals surface area contributed by atoms with Gasteiger partial charge in [-0.1, -0.05) is 0 Å². The van der Waals surface area contributed by atoms with E-state index in [1.54, 1.807) is 14.2 Å². The normalized spacial score (nSPS) is 20.5. The molecule has 1 saturated heterocycles. The number of aryl methyl sites for hydroxylation is 1. The fourth-order valence-corrected chi connectivity index (χ4v) is 2.59. The van der Waals surface area contributed by atoms with Gasteiger partial charge in [0, 0.05) is 25.7 Å². The van der Waals surface area contributed by atoms with Crippen molar-refractivity contribution in [2.24, 2.45) is 0 Å². The number of hydrogen-bond donors (Lipinski definition) is 0. The van der Waals surface area contributed by atoms with Crippen molar-refractivity contribution in [3.05, 3.63) is 23.3 Å². The van der Waals surface area contributed by atoms with Gasteiger partial charge in [0.25, 0.3) is 0 Å². The van der Waals surface area contributed by atoms with E-state index < -0.39 is 0 Å². The van der Waals surface area contributed by atoms with Gasteiger partial charge in [-0.15, -0.1) is 0 Å². The zero-order valence-corrected chi connectivity index (χ0v) is 12.9. The quantitative estimate of drug-likeness (QED) is 0.848. The van der Waals surface area contributed by atoms with Crippen molar-refractivity contribution in [2.45, 2.75) is 32.9 Å². The molecule has 1 aliphatic rings. The molecular formula is C16H25NO3. The third-order valence-electron chi connectivity index (χ3n) is 4.04. The second-order valence-electron chi connectivity index (χ2n) is 5.35. The first-order valence-corrected chi connectivity index (χ1v) is 7.19. The molecule has 1 aromatic rings. The Morgan fingerprint density at radius 3 is 2.60 bits per heavy atom. The molecule has 1 aromatic carbocycles. The van der Waals surface area contributed by atoms with Crippen LogP contribution >= 0.6 is 0 Å². The van der Waals surface area contributed by atoms with E-state index in [1.165, 1.54) is 11.1 Å². The van der Waals surface area contributed by atoms with E-state index in [0.29, 0.717) is 6.04 Å². The molecule has 0 radical (unpaired) electrons. The van der Waals surface area contributed by atoms with Gasteiger partial charge < -0.3 is 14.2 Å². The molecule has 4 nitrogen and oxygen atoms in total. The Bertz CT molecular complexity index is 448. The van der Waals surface area contributed by atoms with Crippen molar-refractivity contribution >= 4 is 0 Å². The highest BCUT2D eigenvalue weighted by Crippen LogP contribution is 2.31. The van der Waals surface area contributed by atoms with Crippen molar-refractivity contribution < 1.29 is 14.2 Å². The van der Waals surface area contributed by atoms with E-state index in [4.69, 9.17) is 14.2 Å². The van der Waals surface area contributed by atoms with Gasteiger partial charge in [0.05, 0.1) is 20.8 Å². The Hall–Kier alpha value is -1.26. The Morgan fingerprint density at radius 1 is 1.20 bits per heavy atom. The summed E-state index contributed by atoms with van der Waals surface area (Å²) >= 11 is 0. The molecule has 0 amide bonds. The summed E-state index contributed by atoms with van der Waals surface area (Å²) in [6, 6.07) is 4.68. The lowest BCUT2D eigenvalue weighted by Gasteiger charge is -2.27. The molecule has 0 aliphatic carbocycles. The maximum Gasteiger partial charge on any atom is 0.161 e. The van der Waals surface area contributed by atoms with Gasteiger partial charge in [-0.05, 0) is 43.5 Å². The van der Waals surface area contributed by atoms with E-state index in [-0.39, 0.29) is 0 Å². The third-order valence-corrected chi connectivity index (χ3v) is 4.04. The first-order valence-electron chi connectivity index (χ1n) is 7.19. The Kier molecular flexibility index (Phi) is 5.26. The SMILES string of the molecule is COc1cc(C)c(CN2CCOCCC2C)cc1OC. The molecule has 0 spiro atoms. The monoisotopic (exact) mass is 279 g/mol. The average molecular weight is 279 g/mol. The third kappa shape index (κ3) is 3.44. The molecule has 112 valence electrons. The predicted molar refractivity (Wildman–Crippen MR) is 79.6 cm³/mol. The molecule has 1 unspecified atom stereocenters. The lowest BCUT2D eigenvalue weighted by atomic mass is 10.1. The van der Waals surface area contributed by atoms with Crippen LogP contribution in [0.1, 0.15) is 24.5 Å². The molecule has 4 heteroatoms. The van der Waals surface area contributed by atoms with Gasteiger partial charge in [0.2, 0.25) is 0 Å². The van der Waals surface area contributed by atoms with Gasteiger partial charge in [0.1, 0.15) is 0 Å². The number of rotatable bonds is 4. The van der Waals surface area contributed by atoms with E-state index in [1.807, 2.05) is 6.07 Å². The van der Waals surface area contributed by atoms with E-state index >= 15 is 0 Å². The number of benzene rings is 1. The largest absolute Gasteiger partial charge is 0.493 e. The van der Waals surface area contributed by atoms with Gasteiger partial charge in [0.15, 0.2) is 11.5 Å². The van der Waals surface area contributed by atoms with Crippen molar-refractivity contribution in [3.8, 4) is 11.5 Å². The molecule has 1 aliphatic heterocycles. The summed E-state index contributed by atoms with van der Waals surface area (Å²) in [7, 11) is 3.35. The summed E-state index contributed by atoms with van der Waals surface area (Å²) in [4.78, 5) is 2.47. The minimum Gasteiger partial charge on any atom is -0.493 e. The van der Waals surface area contributed by atoms with E-state index in [2.05, 4.69) is 24.8 Å². The molecule has 2 rings (SSSR count). The molecule has 1 fully saturated rings. The summed E-state index contributed by atoms with van der Waals surface area (Å²) in [5, 5.41) is 0. The molecule has 0 N–H and O–H groups in total. The highest BCUT2D eigenvalue weighted by molar-refractivity contribution is 5.47. The van der Waals surface area contributed by atoms with Crippen molar-refractivity contribution in [3.63, 3.8) is 0 Å². The molecule has 0 bridgehead atoms. The first kappa shape index (κ1) is 15.1. The predicted octanol–water partition coefficient (Wildman–Crippen LogP) is 2.62. The number of hydrogen-bond acceptors (Lipinski definition) is 4. The summed E-state index contributed by atoms with van der Waals surface area (Å²) in [6.45, 7) is 7.98. The van der Waals surface area contributed by atoms with Crippen LogP contribution in [0, 0.1) is 6.92 Å².